The Bertz CT molecular complexity index is 413. The number of nitrogens with zero attached hydrogens (tertiary/aromatic N) is 1. The number of amides is 1. The number of benzene rings is 1. The average molecular weight is 249 g/mol. The summed E-state index contributed by atoms with van der Waals surface area (Å²) in [4.78, 5) is 14.0. The van der Waals surface area contributed by atoms with E-state index in [4.69, 9.17) is 9.47 Å². The number of hydrogen-bond donors (Lipinski definition) is 0. The number of hydrogen-bond acceptors (Lipinski definition) is 3. The molecule has 18 heavy (non-hydrogen) atoms. The summed E-state index contributed by atoms with van der Waals surface area (Å²) in [5.74, 6) is 0.588. The van der Waals surface area contributed by atoms with Crippen LogP contribution in [0.1, 0.15) is 23.2 Å². The Morgan fingerprint density at radius 3 is 2.94 bits per heavy atom. The number of carbonyl (C=O) groups is 1. The maximum absolute atomic E-state index is 12.3. The lowest BCUT2D eigenvalue weighted by Gasteiger charge is -2.21. The molecule has 0 saturated carbocycles. The predicted octanol–water partition coefficient (Wildman–Crippen LogP) is 1.95. The highest BCUT2D eigenvalue weighted by molar-refractivity contribution is 5.96. The standard InChI is InChI=1S/C14H19NO3/c1-15(10-11-6-5-9-18-11)14(16)12-7-3-4-8-13(12)17-2/h3-4,7-8,11H,5-6,9-10H2,1-2H3. The van der Waals surface area contributed by atoms with Crippen molar-refractivity contribution >= 4 is 5.91 Å². The molecular formula is C14H19NO3. The molecule has 0 aromatic heterocycles. The number of rotatable bonds is 4. The van der Waals surface area contributed by atoms with Gasteiger partial charge in [-0.15, -0.1) is 0 Å². The van der Waals surface area contributed by atoms with Crippen LogP contribution in [0.25, 0.3) is 0 Å². The van der Waals surface area contributed by atoms with E-state index in [9.17, 15) is 4.79 Å². The second-order valence-electron chi connectivity index (χ2n) is 4.52. The van der Waals surface area contributed by atoms with Crippen molar-refractivity contribution in [3.63, 3.8) is 0 Å². The van der Waals surface area contributed by atoms with E-state index >= 15 is 0 Å². The van der Waals surface area contributed by atoms with Crippen LogP contribution >= 0.6 is 0 Å². The smallest absolute Gasteiger partial charge is 0.257 e. The first-order chi connectivity index (χ1) is 8.72. The fourth-order valence-corrected chi connectivity index (χ4v) is 2.20. The zero-order valence-electron chi connectivity index (χ0n) is 10.9. The Balaban J connectivity index is 2.05. The zero-order chi connectivity index (χ0) is 13.0. The van der Waals surface area contributed by atoms with Gasteiger partial charge in [-0.3, -0.25) is 4.79 Å². The molecule has 1 aromatic carbocycles. The largest absolute Gasteiger partial charge is 0.496 e. The number of methoxy groups -OCH3 is 1. The Labute approximate surface area is 107 Å². The fraction of sp³-hybridized carbons (Fsp3) is 0.500. The van der Waals surface area contributed by atoms with Crippen molar-refractivity contribution in [3.8, 4) is 5.75 Å². The topological polar surface area (TPSA) is 38.8 Å². The Hall–Kier alpha value is -1.55. The van der Waals surface area contributed by atoms with E-state index in [0.717, 1.165) is 19.4 Å². The molecule has 0 radical (unpaired) electrons. The monoisotopic (exact) mass is 249 g/mol. The van der Waals surface area contributed by atoms with Crippen LogP contribution in [0.4, 0.5) is 0 Å². The van der Waals surface area contributed by atoms with Crippen molar-refractivity contribution in [1.29, 1.82) is 0 Å². The van der Waals surface area contributed by atoms with E-state index in [-0.39, 0.29) is 12.0 Å². The zero-order valence-corrected chi connectivity index (χ0v) is 10.9. The minimum absolute atomic E-state index is 0.0250. The number of para-hydroxylation sites is 1. The van der Waals surface area contributed by atoms with Gasteiger partial charge in [0.05, 0.1) is 18.8 Å². The summed E-state index contributed by atoms with van der Waals surface area (Å²) < 4.78 is 10.7. The SMILES string of the molecule is COc1ccccc1C(=O)N(C)CC1CCCO1. The average Bonchev–Trinajstić information content (AvgIpc) is 2.90. The summed E-state index contributed by atoms with van der Waals surface area (Å²) >= 11 is 0. The van der Waals surface area contributed by atoms with Crippen molar-refractivity contribution in [2.24, 2.45) is 0 Å². The molecule has 0 aliphatic carbocycles. The highest BCUT2D eigenvalue weighted by atomic mass is 16.5. The van der Waals surface area contributed by atoms with E-state index in [1.807, 2.05) is 12.1 Å². The normalized spacial score (nSPS) is 18.7. The van der Waals surface area contributed by atoms with Crippen molar-refractivity contribution in [2.75, 3.05) is 27.3 Å². The van der Waals surface area contributed by atoms with Crippen molar-refractivity contribution in [2.45, 2.75) is 18.9 Å². The van der Waals surface area contributed by atoms with E-state index in [2.05, 4.69) is 0 Å². The van der Waals surface area contributed by atoms with Crippen LogP contribution in [-0.2, 0) is 4.74 Å². The summed E-state index contributed by atoms with van der Waals surface area (Å²) in [6, 6.07) is 7.28. The summed E-state index contributed by atoms with van der Waals surface area (Å²) in [5.41, 5.74) is 0.598. The maximum atomic E-state index is 12.3. The summed E-state index contributed by atoms with van der Waals surface area (Å²) in [5, 5.41) is 0. The molecular weight excluding hydrogens is 230 g/mol. The van der Waals surface area contributed by atoms with Crippen LogP contribution in [0.3, 0.4) is 0 Å². The van der Waals surface area contributed by atoms with Crippen LogP contribution in [0.2, 0.25) is 0 Å². The van der Waals surface area contributed by atoms with Gasteiger partial charge in [-0.1, -0.05) is 12.1 Å². The maximum Gasteiger partial charge on any atom is 0.257 e. The van der Waals surface area contributed by atoms with Crippen molar-refractivity contribution in [3.05, 3.63) is 29.8 Å². The fourth-order valence-electron chi connectivity index (χ4n) is 2.20. The van der Waals surface area contributed by atoms with Gasteiger partial charge in [-0.2, -0.15) is 0 Å². The van der Waals surface area contributed by atoms with Crippen LogP contribution < -0.4 is 4.74 Å². The molecule has 0 spiro atoms. The Morgan fingerprint density at radius 2 is 2.28 bits per heavy atom. The van der Waals surface area contributed by atoms with Crippen LogP contribution in [-0.4, -0.2) is 44.2 Å². The van der Waals surface area contributed by atoms with Gasteiger partial charge in [0, 0.05) is 20.2 Å². The molecule has 1 heterocycles. The van der Waals surface area contributed by atoms with Gasteiger partial charge in [0.25, 0.3) is 5.91 Å². The predicted molar refractivity (Wildman–Crippen MR) is 68.9 cm³/mol. The summed E-state index contributed by atoms with van der Waals surface area (Å²) in [6.45, 7) is 1.44. The lowest BCUT2D eigenvalue weighted by molar-refractivity contribution is 0.0584. The van der Waals surface area contributed by atoms with Crippen molar-refractivity contribution in [1.82, 2.24) is 4.90 Å². The van der Waals surface area contributed by atoms with Crippen LogP contribution in [0.15, 0.2) is 24.3 Å². The molecule has 98 valence electrons. The summed E-state index contributed by atoms with van der Waals surface area (Å²) in [7, 11) is 3.38. The molecule has 4 heteroatoms. The van der Waals surface area contributed by atoms with Crippen molar-refractivity contribution < 1.29 is 14.3 Å². The Morgan fingerprint density at radius 1 is 1.50 bits per heavy atom. The third-order valence-electron chi connectivity index (χ3n) is 3.19. The number of ether oxygens (including phenoxy) is 2. The number of likely N-dealkylation sites (N-methyl/N-ethyl adjacent to an activating group) is 1. The molecule has 2 rings (SSSR count). The molecule has 1 saturated heterocycles. The van der Waals surface area contributed by atoms with Gasteiger partial charge in [0.15, 0.2) is 0 Å². The van der Waals surface area contributed by atoms with E-state index in [1.54, 1.807) is 31.2 Å². The molecule has 1 aliphatic rings. The molecule has 0 bridgehead atoms. The first-order valence-electron chi connectivity index (χ1n) is 6.22. The van der Waals surface area contributed by atoms with Gasteiger partial charge in [-0.25, -0.2) is 0 Å². The minimum Gasteiger partial charge on any atom is -0.496 e. The second-order valence-corrected chi connectivity index (χ2v) is 4.52. The van der Waals surface area contributed by atoms with E-state index in [1.165, 1.54) is 0 Å². The molecule has 0 N–H and O–H groups in total. The first kappa shape index (κ1) is 12.9. The lowest BCUT2D eigenvalue weighted by Crippen LogP contribution is -2.34. The van der Waals surface area contributed by atoms with Gasteiger partial charge in [-0.05, 0) is 25.0 Å². The third kappa shape index (κ3) is 2.82. The quantitative estimate of drug-likeness (QED) is 0.818. The lowest BCUT2D eigenvalue weighted by atomic mass is 10.1. The third-order valence-corrected chi connectivity index (χ3v) is 3.19. The summed E-state index contributed by atoms with van der Waals surface area (Å²) in [6.07, 6.45) is 2.29. The van der Waals surface area contributed by atoms with Gasteiger partial charge >= 0.3 is 0 Å². The first-order valence-corrected chi connectivity index (χ1v) is 6.22. The molecule has 1 fully saturated rings. The van der Waals surface area contributed by atoms with E-state index in [0.29, 0.717) is 17.9 Å². The number of carbonyl (C=O) groups excluding carboxylic acids is 1. The van der Waals surface area contributed by atoms with Gasteiger partial charge < -0.3 is 14.4 Å². The van der Waals surface area contributed by atoms with Crippen LogP contribution in [0, 0.1) is 0 Å². The highest BCUT2D eigenvalue weighted by Gasteiger charge is 2.22. The highest BCUT2D eigenvalue weighted by Crippen LogP contribution is 2.20. The molecule has 1 atom stereocenters. The van der Waals surface area contributed by atoms with Gasteiger partial charge in [0.1, 0.15) is 5.75 Å². The minimum atomic E-state index is -0.0250. The van der Waals surface area contributed by atoms with Crippen LogP contribution in [0.5, 0.6) is 5.75 Å². The van der Waals surface area contributed by atoms with Gasteiger partial charge in [0.2, 0.25) is 0 Å². The molecule has 1 unspecified atom stereocenters. The molecule has 1 aliphatic heterocycles. The van der Waals surface area contributed by atoms with E-state index < -0.39 is 0 Å². The molecule has 1 amide bonds. The Kier molecular flexibility index (Phi) is 4.20. The molecule has 4 nitrogen and oxygen atoms in total. The molecule has 1 aromatic rings. The second kappa shape index (κ2) is 5.87.